The number of hydrogen-bond donors (Lipinski definition) is 2. The lowest BCUT2D eigenvalue weighted by Gasteiger charge is -2.07. The molecule has 1 aromatic carbocycles. The highest BCUT2D eigenvalue weighted by Crippen LogP contribution is 2.19. The van der Waals surface area contributed by atoms with Gasteiger partial charge in [-0.15, -0.1) is 0 Å². The fourth-order valence-corrected chi connectivity index (χ4v) is 2.00. The fourth-order valence-electron chi connectivity index (χ4n) is 2.00. The second-order valence-electron chi connectivity index (χ2n) is 5.06. The van der Waals surface area contributed by atoms with Crippen LogP contribution in [0, 0.1) is 24.4 Å². The minimum Gasteiger partial charge on any atom is -0.360 e. The molecule has 0 atom stereocenters. The molecule has 128 valence electrons. The Morgan fingerprint density at radius 1 is 1.08 bits per heavy atom. The van der Waals surface area contributed by atoms with Gasteiger partial charge < -0.3 is 15.2 Å². The molecule has 3 aromatic rings. The van der Waals surface area contributed by atoms with E-state index in [2.05, 4.69) is 20.8 Å². The summed E-state index contributed by atoms with van der Waals surface area (Å²) in [4.78, 5) is 16.0. The number of carbonyl (C=O) groups is 1. The third-order valence-electron chi connectivity index (χ3n) is 3.19. The summed E-state index contributed by atoms with van der Waals surface area (Å²) in [5.41, 5.74) is -0.366. The summed E-state index contributed by atoms with van der Waals surface area (Å²) in [6, 6.07) is 6.25. The Labute approximate surface area is 139 Å². The zero-order valence-corrected chi connectivity index (χ0v) is 12.8. The normalized spacial score (nSPS) is 10.6. The molecular formula is C16H11F3N4O2. The van der Waals surface area contributed by atoms with E-state index in [0.717, 1.165) is 6.07 Å². The van der Waals surface area contributed by atoms with Crippen LogP contribution in [0.25, 0.3) is 0 Å². The van der Waals surface area contributed by atoms with E-state index < -0.39 is 28.9 Å². The van der Waals surface area contributed by atoms with Gasteiger partial charge in [0.2, 0.25) is 0 Å². The van der Waals surface area contributed by atoms with E-state index in [0.29, 0.717) is 23.5 Å². The van der Waals surface area contributed by atoms with Crippen molar-refractivity contribution < 1.29 is 22.5 Å². The van der Waals surface area contributed by atoms with Crippen LogP contribution in [-0.4, -0.2) is 16.0 Å². The largest absolute Gasteiger partial charge is 0.360 e. The monoisotopic (exact) mass is 348 g/mol. The molecule has 2 N–H and O–H groups in total. The Morgan fingerprint density at radius 3 is 2.52 bits per heavy atom. The van der Waals surface area contributed by atoms with E-state index in [1.807, 2.05) is 0 Å². The van der Waals surface area contributed by atoms with Gasteiger partial charge >= 0.3 is 0 Å². The molecule has 3 rings (SSSR count). The minimum absolute atomic E-state index is 0.246. The first-order valence-corrected chi connectivity index (χ1v) is 7.05. The zero-order valence-electron chi connectivity index (χ0n) is 12.8. The highest BCUT2D eigenvalue weighted by molar-refractivity contribution is 6.04. The van der Waals surface area contributed by atoms with Crippen molar-refractivity contribution in [2.24, 2.45) is 0 Å². The van der Waals surface area contributed by atoms with Crippen molar-refractivity contribution in [1.82, 2.24) is 10.1 Å². The average molecular weight is 348 g/mol. The van der Waals surface area contributed by atoms with Gasteiger partial charge in [0, 0.05) is 6.07 Å². The first-order valence-electron chi connectivity index (χ1n) is 7.05. The molecule has 2 aromatic heterocycles. The molecule has 0 saturated heterocycles. The van der Waals surface area contributed by atoms with Gasteiger partial charge in [0.25, 0.3) is 5.91 Å². The van der Waals surface area contributed by atoms with E-state index in [9.17, 15) is 18.0 Å². The van der Waals surface area contributed by atoms with E-state index in [1.165, 1.54) is 12.3 Å². The molecule has 0 spiro atoms. The van der Waals surface area contributed by atoms with Gasteiger partial charge in [0.05, 0.1) is 17.4 Å². The molecule has 0 aliphatic heterocycles. The van der Waals surface area contributed by atoms with Crippen LogP contribution < -0.4 is 10.6 Å². The molecule has 0 saturated carbocycles. The second-order valence-corrected chi connectivity index (χ2v) is 5.06. The number of benzene rings is 1. The lowest BCUT2D eigenvalue weighted by molar-refractivity contribution is 0.102. The number of rotatable bonds is 4. The number of carbonyl (C=O) groups excluding carboxylic acids is 1. The summed E-state index contributed by atoms with van der Waals surface area (Å²) < 4.78 is 44.6. The van der Waals surface area contributed by atoms with Crippen molar-refractivity contribution in [2.75, 3.05) is 10.6 Å². The van der Waals surface area contributed by atoms with Gasteiger partial charge in [-0.1, -0.05) is 5.16 Å². The second kappa shape index (κ2) is 6.63. The van der Waals surface area contributed by atoms with Crippen LogP contribution in [-0.2, 0) is 0 Å². The summed E-state index contributed by atoms with van der Waals surface area (Å²) in [6.45, 7) is 1.74. The van der Waals surface area contributed by atoms with Gasteiger partial charge in [0.15, 0.2) is 23.3 Å². The first-order chi connectivity index (χ1) is 11.9. The Bertz CT molecular complexity index is 926. The molecule has 6 nitrogen and oxygen atoms in total. The third kappa shape index (κ3) is 3.60. The molecular weight excluding hydrogens is 337 g/mol. The number of anilines is 3. The highest BCUT2D eigenvalue weighted by Gasteiger charge is 2.18. The number of nitrogens with zero attached hydrogens (tertiary/aromatic N) is 2. The van der Waals surface area contributed by atoms with Crippen molar-refractivity contribution in [2.45, 2.75) is 6.92 Å². The molecule has 0 bridgehead atoms. The molecule has 0 aliphatic carbocycles. The molecule has 25 heavy (non-hydrogen) atoms. The standard InChI is InChI=1S/C16H11F3N4O2/c1-8-6-13(23-25-8)22-12-5-2-9(7-20-12)21-16(24)10-3-4-11(17)15(19)14(10)18/h2-7H,1H3,(H,21,24)(H,20,22,23). The van der Waals surface area contributed by atoms with Gasteiger partial charge in [-0.2, -0.15) is 0 Å². The van der Waals surface area contributed by atoms with E-state index in [1.54, 1.807) is 19.1 Å². The summed E-state index contributed by atoms with van der Waals surface area (Å²) in [6.07, 6.45) is 1.31. The van der Waals surface area contributed by atoms with E-state index >= 15 is 0 Å². The summed E-state index contributed by atoms with van der Waals surface area (Å²) >= 11 is 0. The SMILES string of the molecule is Cc1cc(Nc2ccc(NC(=O)c3ccc(F)c(F)c3F)cn2)no1. The number of halogens is 3. The molecule has 9 heteroatoms. The molecule has 1 amide bonds. The van der Waals surface area contributed by atoms with Crippen LogP contribution in [0.1, 0.15) is 16.1 Å². The van der Waals surface area contributed by atoms with Crippen LogP contribution >= 0.6 is 0 Å². The number of hydrogen-bond acceptors (Lipinski definition) is 5. The summed E-state index contributed by atoms with van der Waals surface area (Å²) in [5, 5.41) is 8.97. The highest BCUT2D eigenvalue weighted by atomic mass is 19.2. The fraction of sp³-hybridized carbons (Fsp3) is 0.0625. The van der Waals surface area contributed by atoms with Crippen molar-refractivity contribution in [3.05, 3.63) is 65.3 Å². The Kier molecular flexibility index (Phi) is 4.38. The predicted molar refractivity (Wildman–Crippen MR) is 83.0 cm³/mol. The van der Waals surface area contributed by atoms with Crippen LogP contribution in [0.2, 0.25) is 0 Å². The Hall–Kier alpha value is -3.36. The third-order valence-corrected chi connectivity index (χ3v) is 3.19. The van der Waals surface area contributed by atoms with Crippen molar-refractivity contribution >= 4 is 23.2 Å². The maximum atomic E-state index is 13.6. The number of pyridine rings is 1. The minimum atomic E-state index is -1.70. The quantitative estimate of drug-likeness (QED) is 0.701. The lowest BCUT2D eigenvalue weighted by Crippen LogP contribution is -2.15. The summed E-state index contributed by atoms with van der Waals surface area (Å²) in [7, 11) is 0. The molecule has 2 heterocycles. The van der Waals surface area contributed by atoms with Crippen LogP contribution in [0.4, 0.5) is 30.5 Å². The van der Waals surface area contributed by atoms with Crippen molar-refractivity contribution in [3.63, 3.8) is 0 Å². The number of aryl methyl sites for hydroxylation is 1. The van der Waals surface area contributed by atoms with Crippen molar-refractivity contribution in [3.8, 4) is 0 Å². The van der Waals surface area contributed by atoms with E-state index in [4.69, 9.17) is 4.52 Å². The van der Waals surface area contributed by atoms with Gasteiger partial charge in [-0.05, 0) is 31.2 Å². The molecule has 0 aliphatic rings. The van der Waals surface area contributed by atoms with Crippen molar-refractivity contribution in [1.29, 1.82) is 0 Å². The van der Waals surface area contributed by atoms with Gasteiger partial charge in [0.1, 0.15) is 11.6 Å². The Morgan fingerprint density at radius 2 is 1.88 bits per heavy atom. The van der Waals surface area contributed by atoms with Gasteiger partial charge in [-0.25, -0.2) is 18.2 Å². The average Bonchev–Trinajstić information content (AvgIpc) is 2.99. The first kappa shape index (κ1) is 16.5. The van der Waals surface area contributed by atoms with Gasteiger partial charge in [-0.3, -0.25) is 4.79 Å². The zero-order chi connectivity index (χ0) is 18.0. The topological polar surface area (TPSA) is 80.0 Å². The molecule has 0 fully saturated rings. The smallest absolute Gasteiger partial charge is 0.258 e. The van der Waals surface area contributed by atoms with Crippen LogP contribution in [0.15, 0.2) is 41.1 Å². The van der Waals surface area contributed by atoms with Crippen LogP contribution in [0.3, 0.4) is 0 Å². The lowest BCUT2D eigenvalue weighted by atomic mass is 10.2. The number of nitrogens with one attached hydrogen (secondary N) is 2. The molecule has 0 unspecified atom stereocenters. The maximum Gasteiger partial charge on any atom is 0.258 e. The number of aromatic nitrogens is 2. The summed E-state index contributed by atoms with van der Waals surface area (Å²) in [5.74, 6) is -4.02. The maximum absolute atomic E-state index is 13.6. The predicted octanol–water partition coefficient (Wildman–Crippen LogP) is 3.79. The number of amides is 1. The Balaban J connectivity index is 1.71. The van der Waals surface area contributed by atoms with Crippen LogP contribution in [0.5, 0.6) is 0 Å². The molecule has 0 radical (unpaired) electrons. The van der Waals surface area contributed by atoms with E-state index in [-0.39, 0.29) is 5.69 Å².